The Morgan fingerprint density at radius 1 is 1.08 bits per heavy atom. The van der Waals surface area contributed by atoms with Gasteiger partial charge in [0.25, 0.3) is 0 Å². The van der Waals surface area contributed by atoms with Crippen molar-refractivity contribution in [2.75, 3.05) is 44.2 Å². The van der Waals surface area contributed by atoms with Gasteiger partial charge in [0, 0.05) is 57.0 Å². The Hall–Kier alpha value is -1.14. The van der Waals surface area contributed by atoms with E-state index in [1.165, 1.54) is 11.3 Å². The number of aliphatic hydroxyl groups excluding tert-OH is 1. The molecule has 3 aliphatic heterocycles. The van der Waals surface area contributed by atoms with Gasteiger partial charge in [-0.1, -0.05) is 17.7 Å². The lowest BCUT2D eigenvalue weighted by molar-refractivity contribution is -0.0472. The highest BCUT2D eigenvalue weighted by Crippen LogP contribution is 2.31. The lowest BCUT2D eigenvalue weighted by Crippen LogP contribution is -2.60. The molecule has 4 rings (SSSR count). The zero-order valence-electron chi connectivity index (χ0n) is 16.1. The molecule has 3 heterocycles. The maximum absolute atomic E-state index is 11.2. The van der Waals surface area contributed by atoms with E-state index in [1.807, 2.05) is 0 Å². The Morgan fingerprint density at radius 3 is 2.46 bits per heavy atom. The zero-order chi connectivity index (χ0) is 18.3. The van der Waals surface area contributed by atoms with Crippen LogP contribution >= 0.6 is 0 Å². The Kier molecular flexibility index (Phi) is 4.99. The molecule has 0 aromatic heterocycles. The number of piperazine rings is 1. The number of fused-ring (bicyclic) bond motifs is 1. The van der Waals surface area contributed by atoms with Gasteiger partial charge < -0.3 is 15.1 Å². The van der Waals surface area contributed by atoms with Crippen LogP contribution < -0.4 is 4.90 Å². The number of piperidine rings is 1. The molecule has 0 spiro atoms. The summed E-state index contributed by atoms with van der Waals surface area (Å²) in [5.74, 6) is 0. The number of aryl methyl sites for hydroxylation is 1. The summed E-state index contributed by atoms with van der Waals surface area (Å²) in [7, 11) is 0. The van der Waals surface area contributed by atoms with Crippen molar-refractivity contribution in [2.24, 2.45) is 0 Å². The molecule has 3 atom stereocenters. The molecule has 0 aliphatic carbocycles. The molecular formula is C21H33N3O2. The van der Waals surface area contributed by atoms with Gasteiger partial charge in [-0.2, -0.15) is 0 Å². The van der Waals surface area contributed by atoms with Crippen LogP contribution in [0, 0.1) is 6.92 Å². The topological polar surface area (TPSA) is 50.2 Å². The minimum Gasteiger partial charge on any atom is -0.392 e. The summed E-state index contributed by atoms with van der Waals surface area (Å²) < 4.78 is 0. The van der Waals surface area contributed by atoms with E-state index in [-0.39, 0.29) is 6.10 Å². The van der Waals surface area contributed by atoms with E-state index >= 15 is 0 Å². The van der Waals surface area contributed by atoms with Crippen LogP contribution in [0.4, 0.5) is 5.69 Å². The number of rotatable bonds is 3. The van der Waals surface area contributed by atoms with E-state index < -0.39 is 5.60 Å². The third-order valence-corrected chi connectivity index (χ3v) is 6.66. The number of anilines is 1. The maximum atomic E-state index is 11.2. The van der Waals surface area contributed by atoms with E-state index in [1.54, 1.807) is 0 Å². The monoisotopic (exact) mass is 359 g/mol. The number of β-amino-alcohol motifs (C(OH)–C–C–N with tert-alkyl or cyclic N) is 1. The summed E-state index contributed by atoms with van der Waals surface area (Å²) in [5.41, 5.74) is 1.96. The SMILES string of the molecule is Cc1ccc(N2CCC(O)(CN3C[C@@H]4C[C@@H](O)CN4C[C@@H]3C)CC2)cc1. The van der Waals surface area contributed by atoms with Gasteiger partial charge in [0.05, 0.1) is 11.7 Å². The number of hydrogen-bond acceptors (Lipinski definition) is 5. The number of aliphatic hydroxyl groups is 2. The predicted molar refractivity (Wildman–Crippen MR) is 105 cm³/mol. The standard InChI is InChI=1S/C21H33N3O2/c1-16-3-5-18(6-4-16)22-9-7-21(26,8-10-22)15-24-13-19-11-20(25)14-23(19)12-17(24)2/h3-6,17,19-20,25-26H,7-15H2,1-2H3/t17-,19-,20+/m0/s1. The molecule has 1 aromatic carbocycles. The lowest BCUT2D eigenvalue weighted by atomic mass is 9.89. The van der Waals surface area contributed by atoms with E-state index in [0.717, 1.165) is 58.5 Å². The molecule has 2 N–H and O–H groups in total. The number of benzene rings is 1. The van der Waals surface area contributed by atoms with Crippen molar-refractivity contribution < 1.29 is 10.2 Å². The van der Waals surface area contributed by atoms with Crippen molar-refractivity contribution in [2.45, 2.75) is 56.9 Å². The Balaban J connectivity index is 1.34. The molecule has 0 unspecified atom stereocenters. The molecule has 1 aromatic rings. The van der Waals surface area contributed by atoms with Crippen molar-refractivity contribution >= 4 is 5.69 Å². The van der Waals surface area contributed by atoms with Gasteiger partial charge in [-0.15, -0.1) is 0 Å². The average Bonchev–Trinajstić information content (AvgIpc) is 2.95. The third kappa shape index (κ3) is 3.77. The van der Waals surface area contributed by atoms with Crippen molar-refractivity contribution in [1.29, 1.82) is 0 Å². The minimum atomic E-state index is -0.588. The highest BCUT2D eigenvalue weighted by molar-refractivity contribution is 5.48. The van der Waals surface area contributed by atoms with Gasteiger partial charge in [0.2, 0.25) is 0 Å². The van der Waals surface area contributed by atoms with Crippen molar-refractivity contribution in [1.82, 2.24) is 9.80 Å². The van der Waals surface area contributed by atoms with Gasteiger partial charge in [0.15, 0.2) is 0 Å². The first-order valence-corrected chi connectivity index (χ1v) is 10.1. The first-order valence-electron chi connectivity index (χ1n) is 10.1. The molecule has 26 heavy (non-hydrogen) atoms. The maximum Gasteiger partial charge on any atom is 0.0807 e. The second-order valence-electron chi connectivity index (χ2n) is 8.82. The molecule has 5 nitrogen and oxygen atoms in total. The van der Waals surface area contributed by atoms with Crippen molar-refractivity contribution in [3.63, 3.8) is 0 Å². The van der Waals surface area contributed by atoms with Gasteiger partial charge in [-0.05, 0) is 45.2 Å². The normalized spacial score (nSPS) is 32.6. The van der Waals surface area contributed by atoms with Gasteiger partial charge in [-0.3, -0.25) is 9.80 Å². The van der Waals surface area contributed by atoms with Crippen LogP contribution in [0.2, 0.25) is 0 Å². The quantitative estimate of drug-likeness (QED) is 0.856. The summed E-state index contributed by atoms with van der Waals surface area (Å²) in [4.78, 5) is 7.28. The zero-order valence-corrected chi connectivity index (χ0v) is 16.1. The van der Waals surface area contributed by atoms with Crippen molar-refractivity contribution in [3.05, 3.63) is 29.8 Å². The number of nitrogens with zero attached hydrogens (tertiary/aromatic N) is 3. The van der Waals surface area contributed by atoms with Crippen LogP contribution in [-0.2, 0) is 0 Å². The van der Waals surface area contributed by atoms with Crippen LogP contribution in [0.1, 0.15) is 31.7 Å². The highest BCUT2D eigenvalue weighted by Gasteiger charge is 2.41. The highest BCUT2D eigenvalue weighted by atomic mass is 16.3. The fraction of sp³-hybridized carbons (Fsp3) is 0.714. The van der Waals surface area contributed by atoms with Crippen LogP contribution in [0.5, 0.6) is 0 Å². The van der Waals surface area contributed by atoms with Crippen molar-refractivity contribution in [3.8, 4) is 0 Å². The third-order valence-electron chi connectivity index (χ3n) is 6.66. The molecule has 3 aliphatic rings. The fourth-order valence-corrected chi connectivity index (χ4v) is 4.97. The van der Waals surface area contributed by atoms with Crippen LogP contribution in [0.25, 0.3) is 0 Å². The van der Waals surface area contributed by atoms with Crippen LogP contribution in [0.3, 0.4) is 0 Å². The molecule has 0 saturated carbocycles. The smallest absolute Gasteiger partial charge is 0.0807 e. The Bertz CT molecular complexity index is 612. The molecule has 3 fully saturated rings. The minimum absolute atomic E-state index is 0.173. The first-order chi connectivity index (χ1) is 12.4. The molecule has 0 amide bonds. The number of hydrogen-bond donors (Lipinski definition) is 2. The van der Waals surface area contributed by atoms with E-state index in [4.69, 9.17) is 0 Å². The van der Waals surface area contributed by atoms with Gasteiger partial charge in [-0.25, -0.2) is 0 Å². The Labute approximate surface area is 157 Å². The van der Waals surface area contributed by atoms with Crippen LogP contribution in [0.15, 0.2) is 24.3 Å². The molecule has 144 valence electrons. The molecular weight excluding hydrogens is 326 g/mol. The summed E-state index contributed by atoms with van der Waals surface area (Å²) in [5, 5.41) is 21.2. The van der Waals surface area contributed by atoms with E-state index in [0.29, 0.717) is 12.1 Å². The second-order valence-corrected chi connectivity index (χ2v) is 8.82. The second kappa shape index (κ2) is 7.12. The summed E-state index contributed by atoms with van der Waals surface area (Å²) in [6.45, 7) is 9.76. The van der Waals surface area contributed by atoms with E-state index in [9.17, 15) is 10.2 Å². The largest absolute Gasteiger partial charge is 0.392 e. The fourth-order valence-electron chi connectivity index (χ4n) is 4.97. The molecule has 0 bridgehead atoms. The summed E-state index contributed by atoms with van der Waals surface area (Å²) in [6, 6.07) is 9.59. The molecule has 3 saturated heterocycles. The van der Waals surface area contributed by atoms with Crippen LogP contribution in [-0.4, -0.2) is 83.1 Å². The molecule has 5 heteroatoms. The predicted octanol–water partition coefficient (Wildman–Crippen LogP) is 1.47. The first kappa shape index (κ1) is 18.2. The van der Waals surface area contributed by atoms with Gasteiger partial charge >= 0.3 is 0 Å². The molecule has 0 radical (unpaired) electrons. The lowest BCUT2D eigenvalue weighted by Gasteiger charge is -2.47. The average molecular weight is 360 g/mol. The summed E-state index contributed by atoms with van der Waals surface area (Å²) >= 11 is 0. The Morgan fingerprint density at radius 2 is 1.77 bits per heavy atom. The van der Waals surface area contributed by atoms with Gasteiger partial charge in [0.1, 0.15) is 0 Å². The summed E-state index contributed by atoms with van der Waals surface area (Å²) in [6.07, 6.45) is 2.35. The van der Waals surface area contributed by atoms with E-state index in [2.05, 4.69) is 52.8 Å².